The molecule has 24 heavy (non-hydrogen) atoms. The van der Waals surface area contributed by atoms with Crippen LogP contribution in [0.4, 0.5) is 0 Å². The molecule has 1 N–H and O–H groups in total. The zero-order valence-electron chi connectivity index (χ0n) is 13.5. The standard InChI is InChI=1S/C19H21N3OS/c23-19(15-10-18(24-13-15)16-11-20-21-12-16)22-9-5-4-8-17(22)14-6-2-1-3-7-14/h1-3,6-7,10-12,15,17H,4-5,8-9,13H2,(H,20,21). The van der Waals surface area contributed by atoms with Gasteiger partial charge >= 0.3 is 0 Å². The van der Waals surface area contributed by atoms with Crippen LogP contribution in [0.15, 0.2) is 48.8 Å². The van der Waals surface area contributed by atoms with E-state index in [0.717, 1.165) is 35.6 Å². The first-order chi connectivity index (χ1) is 11.8. The number of aromatic amines is 1. The molecular formula is C19H21N3OS. The maximum Gasteiger partial charge on any atom is 0.230 e. The third-order valence-corrected chi connectivity index (χ3v) is 6.05. The van der Waals surface area contributed by atoms with Crippen LogP contribution in [0.1, 0.15) is 36.4 Å². The number of piperidine rings is 1. The molecule has 1 aromatic heterocycles. The van der Waals surface area contributed by atoms with E-state index in [1.807, 2.05) is 18.5 Å². The van der Waals surface area contributed by atoms with Crippen molar-refractivity contribution in [1.82, 2.24) is 15.1 Å². The zero-order valence-corrected chi connectivity index (χ0v) is 14.3. The molecule has 124 valence electrons. The number of carbonyl (C=O) groups is 1. The third kappa shape index (κ3) is 3.00. The quantitative estimate of drug-likeness (QED) is 0.923. The Labute approximate surface area is 146 Å². The molecule has 5 heteroatoms. The van der Waals surface area contributed by atoms with Crippen molar-refractivity contribution < 1.29 is 4.79 Å². The summed E-state index contributed by atoms with van der Waals surface area (Å²) in [5.41, 5.74) is 2.34. The number of nitrogens with zero attached hydrogens (tertiary/aromatic N) is 2. The molecule has 2 aromatic rings. The van der Waals surface area contributed by atoms with Crippen molar-refractivity contribution >= 4 is 22.6 Å². The molecule has 0 aliphatic carbocycles. The predicted molar refractivity (Wildman–Crippen MR) is 97.3 cm³/mol. The summed E-state index contributed by atoms with van der Waals surface area (Å²) in [7, 11) is 0. The van der Waals surface area contributed by atoms with Crippen molar-refractivity contribution in [2.75, 3.05) is 12.3 Å². The van der Waals surface area contributed by atoms with Crippen LogP contribution >= 0.6 is 11.8 Å². The molecule has 4 nitrogen and oxygen atoms in total. The van der Waals surface area contributed by atoms with Gasteiger partial charge in [-0.1, -0.05) is 36.4 Å². The Morgan fingerprint density at radius 1 is 1.25 bits per heavy atom. The largest absolute Gasteiger partial charge is 0.335 e. The van der Waals surface area contributed by atoms with Crippen LogP contribution in [0.3, 0.4) is 0 Å². The molecule has 1 saturated heterocycles. The fourth-order valence-corrected chi connectivity index (χ4v) is 4.73. The number of aromatic nitrogens is 2. The highest BCUT2D eigenvalue weighted by Gasteiger charge is 2.33. The van der Waals surface area contributed by atoms with Gasteiger partial charge in [0.1, 0.15) is 0 Å². The SMILES string of the molecule is O=C(C1C=C(c2cn[nH]c2)SC1)N1CCCCC1c1ccccc1. The van der Waals surface area contributed by atoms with Crippen molar-refractivity contribution in [3.05, 3.63) is 59.9 Å². The van der Waals surface area contributed by atoms with Gasteiger partial charge in [-0.2, -0.15) is 5.10 Å². The number of thioether (sulfide) groups is 1. The second-order valence-corrected chi connectivity index (χ2v) is 7.45. The van der Waals surface area contributed by atoms with E-state index in [9.17, 15) is 4.79 Å². The van der Waals surface area contributed by atoms with E-state index in [-0.39, 0.29) is 17.9 Å². The highest BCUT2D eigenvalue weighted by atomic mass is 32.2. The fraction of sp³-hybridized carbons (Fsp3) is 0.368. The highest BCUT2D eigenvalue weighted by molar-refractivity contribution is 8.08. The number of benzene rings is 1. The van der Waals surface area contributed by atoms with Crippen molar-refractivity contribution in [2.45, 2.75) is 25.3 Å². The average molecular weight is 339 g/mol. The average Bonchev–Trinajstić information content (AvgIpc) is 3.33. The Bertz CT molecular complexity index is 726. The minimum atomic E-state index is -0.0239. The summed E-state index contributed by atoms with van der Waals surface area (Å²) in [4.78, 5) is 16.4. The number of amides is 1. The van der Waals surface area contributed by atoms with Crippen LogP contribution in [0.5, 0.6) is 0 Å². The summed E-state index contributed by atoms with van der Waals surface area (Å²) in [6.07, 6.45) is 9.19. The summed E-state index contributed by atoms with van der Waals surface area (Å²) in [5.74, 6) is 1.08. The third-order valence-electron chi connectivity index (χ3n) is 4.84. The normalized spacial score (nSPS) is 24.0. The molecule has 0 saturated carbocycles. The van der Waals surface area contributed by atoms with Crippen LogP contribution < -0.4 is 0 Å². The van der Waals surface area contributed by atoms with E-state index in [2.05, 4.69) is 45.4 Å². The molecule has 1 amide bonds. The Balaban J connectivity index is 1.54. The minimum Gasteiger partial charge on any atom is -0.335 e. The van der Waals surface area contributed by atoms with E-state index >= 15 is 0 Å². The van der Waals surface area contributed by atoms with Crippen LogP contribution in [0.2, 0.25) is 0 Å². The Morgan fingerprint density at radius 2 is 2.12 bits per heavy atom. The van der Waals surface area contributed by atoms with Crippen LogP contribution in [0, 0.1) is 5.92 Å². The lowest BCUT2D eigenvalue weighted by molar-refractivity contribution is -0.137. The minimum absolute atomic E-state index is 0.0239. The number of likely N-dealkylation sites (tertiary alicyclic amines) is 1. The van der Waals surface area contributed by atoms with Crippen LogP contribution in [-0.4, -0.2) is 33.3 Å². The molecule has 1 aromatic carbocycles. The Hall–Kier alpha value is -2.01. The van der Waals surface area contributed by atoms with Gasteiger partial charge in [-0.05, 0) is 24.8 Å². The van der Waals surface area contributed by atoms with Gasteiger partial charge in [0, 0.05) is 29.0 Å². The van der Waals surface area contributed by atoms with E-state index in [1.54, 1.807) is 11.8 Å². The van der Waals surface area contributed by atoms with Gasteiger partial charge in [0.05, 0.1) is 18.2 Å². The number of hydrogen-bond acceptors (Lipinski definition) is 3. The number of carbonyl (C=O) groups excluding carboxylic acids is 1. The Morgan fingerprint density at radius 3 is 2.92 bits per heavy atom. The number of rotatable bonds is 3. The fourth-order valence-electron chi connectivity index (χ4n) is 3.60. The molecule has 1 fully saturated rings. The van der Waals surface area contributed by atoms with Crippen molar-refractivity contribution in [1.29, 1.82) is 0 Å². The topological polar surface area (TPSA) is 49.0 Å². The molecule has 0 radical (unpaired) electrons. The summed E-state index contributed by atoms with van der Waals surface area (Å²) in [6.45, 7) is 0.869. The molecule has 2 aliphatic rings. The van der Waals surface area contributed by atoms with Gasteiger partial charge in [-0.3, -0.25) is 9.89 Å². The molecule has 0 spiro atoms. The van der Waals surface area contributed by atoms with Crippen LogP contribution in [-0.2, 0) is 4.79 Å². The van der Waals surface area contributed by atoms with E-state index in [4.69, 9.17) is 0 Å². The zero-order chi connectivity index (χ0) is 16.4. The predicted octanol–water partition coefficient (Wildman–Crippen LogP) is 3.87. The number of H-pyrrole nitrogens is 1. The van der Waals surface area contributed by atoms with Gasteiger partial charge in [0.15, 0.2) is 0 Å². The van der Waals surface area contributed by atoms with Gasteiger partial charge in [0.25, 0.3) is 0 Å². The lowest BCUT2D eigenvalue weighted by Crippen LogP contribution is -2.41. The smallest absolute Gasteiger partial charge is 0.230 e. The molecule has 0 bridgehead atoms. The monoisotopic (exact) mass is 339 g/mol. The van der Waals surface area contributed by atoms with Gasteiger partial charge < -0.3 is 4.90 Å². The Kier molecular flexibility index (Phi) is 4.43. The van der Waals surface area contributed by atoms with E-state index in [0.29, 0.717) is 0 Å². The first-order valence-corrected chi connectivity index (χ1v) is 9.50. The molecule has 4 rings (SSSR count). The van der Waals surface area contributed by atoms with E-state index < -0.39 is 0 Å². The summed E-state index contributed by atoms with van der Waals surface area (Å²) < 4.78 is 0. The molecule has 3 heterocycles. The lowest BCUT2D eigenvalue weighted by Gasteiger charge is -2.37. The van der Waals surface area contributed by atoms with Crippen LogP contribution in [0.25, 0.3) is 4.91 Å². The maximum atomic E-state index is 13.1. The second-order valence-electron chi connectivity index (χ2n) is 6.39. The van der Waals surface area contributed by atoms with Crippen molar-refractivity contribution in [2.24, 2.45) is 5.92 Å². The first kappa shape index (κ1) is 15.5. The number of nitrogens with one attached hydrogen (secondary N) is 1. The summed E-state index contributed by atoms with van der Waals surface area (Å²) in [6, 6.07) is 10.7. The van der Waals surface area contributed by atoms with E-state index in [1.165, 1.54) is 12.0 Å². The second kappa shape index (κ2) is 6.85. The van der Waals surface area contributed by atoms with Crippen molar-refractivity contribution in [3.63, 3.8) is 0 Å². The molecular weight excluding hydrogens is 318 g/mol. The van der Waals surface area contributed by atoms with Gasteiger partial charge in [-0.15, -0.1) is 11.8 Å². The number of hydrogen-bond donors (Lipinski definition) is 1. The lowest BCUT2D eigenvalue weighted by atomic mass is 9.93. The van der Waals surface area contributed by atoms with Gasteiger partial charge in [-0.25, -0.2) is 0 Å². The molecule has 2 unspecified atom stereocenters. The van der Waals surface area contributed by atoms with Gasteiger partial charge in [0.2, 0.25) is 5.91 Å². The molecule has 2 aliphatic heterocycles. The highest BCUT2D eigenvalue weighted by Crippen LogP contribution is 2.39. The maximum absolute atomic E-state index is 13.1. The first-order valence-electron chi connectivity index (χ1n) is 8.52. The molecule has 2 atom stereocenters. The van der Waals surface area contributed by atoms with Crippen molar-refractivity contribution in [3.8, 4) is 0 Å². The summed E-state index contributed by atoms with van der Waals surface area (Å²) in [5, 5.41) is 6.85. The summed E-state index contributed by atoms with van der Waals surface area (Å²) >= 11 is 1.75.